The van der Waals surface area contributed by atoms with Gasteiger partial charge in [0.1, 0.15) is 0 Å². The fraction of sp³-hybridized carbons (Fsp3) is 0.625. The summed E-state index contributed by atoms with van der Waals surface area (Å²) in [5, 5.41) is 3.47. The van der Waals surface area contributed by atoms with Crippen LogP contribution >= 0.6 is 0 Å². The number of hydrogen-bond donors (Lipinski definition) is 1. The zero-order chi connectivity index (χ0) is 13.0. The summed E-state index contributed by atoms with van der Waals surface area (Å²) in [4.78, 5) is 2.50. The first kappa shape index (κ1) is 13.6. The molecule has 0 aromatic heterocycles. The Morgan fingerprint density at radius 1 is 1.28 bits per heavy atom. The second-order valence-electron chi connectivity index (χ2n) is 5.82. The van der Waals surface area contributed by atoms with Gasteiger partial charge in [0.2, 0.25) is 0 Å². The molecular formula is C16H26N2. The fourth-order valence-electron chi connectivity index (χ4n) is 2.85. The van der Waals surface area contributed by atoms with E-state index in [2.05, 4.69) is 61.6 Å². The highest BCUT2D eigenvalue weighted by atomic mass is 15.1. The SMILES string of the molecule is CNC(c1ccccc1)C(C)CN(C)CC1CC1. The average molecular weight is 246 g/mol. The summed E-state index contributed by atoms with van der Waals surface area (Å²) < 4.78 is 0. The molecule has 0 radical (unpaired) electrons. The summed E-state index contributed by atoms with van der Waals surface area (Å²) in [6, 6.07) is 11.2. The smallest absolute Gasteiger partial charge is 0.0355 e. The van der Waals surface area contributed by atoms with Gasteiger partial charge < -0.3 is 10.2 Å². The molecule has 100 valence electrons. The number of benzene rings is 1. The summed E-state index contributed by atoms with van der Waals surface area (Å²) in [5.74, 6) is 1.60. The van der Waals surface area contributed by atoms with Crippen molar-refractivity contribution in [1.29, 1.82) is 0 Å². The molecule has 2 atom stereocenters. The van der Waals surface area contributed by atoms with Gasteiger partial charge in [0, 0.05) is 19.1 Å². The van der Waals surface area contributed by atoms with Gasteiger partial charge in [0.25, 0.3) is 0 Å². The Balaban J connectivity index is 1.90. The number of hydrogen-bond acceptors (Lipinski definition) is 2. The molecule has 1 saturated carbocycles. The first-order valence-electron chi connectivity index (χ1n) is 7.11. The minimum absolute atomic E-state index is 0.452. The molecule has 1 aromatic carbocycles. The topological polar surface area (TPSA) is 15.3 Å². The van der Waals surface area contributed by atoms with Gasteiger partial charge in [-0.05, 0) is 44.3 Å². The van der Waals surface area contributed by atoms with Crippen LogP contribution in [-0.4, -0.2) is 32.1 Å². The van der Waals surface area contributed by atoms with Crippen LogP contribution in [0.4, 0.5) is 0 Å². The van der Waals surface area contributed by atoms with Crippen LogP contribution in [0.15, 0.2) is 30.3 Å². The van der Waals surface area contributed by atoms with Crippen LogP contribution in [0.1, 0.15) is 31.4 Å². The van der Waals surface area contributed by atoms with Crippen LogP contribution in [0.3, 0.4) is 0 Å². The molecule has 2 unspecified atom stereocenters. The molecule has 0 bridgehead atoms. The van der Waals surface area contributed by atoms with E-state index in [9.17, 15) is 0 Å². The van der Waals surface area contributed by atoms with Crippen molar-refractivity contribution in [3.63, 3.8) is 0 Å². The van der Waals surface area contributed by atoms with E-state index in [1.165, 1.54) is 24.9 Å². The molecule has 1 aromatic rings. The van der Waals surface area contributed by atoms with Crippen LogP contribution in [0.5, 0.6) is 0 Å². The molecule has 0 heterocycles. The fourth-order valence-corrected chi connectivity index (χ4v) is 2.85. The standard InChI is InChI=1S/C16H26N2/c1-13(11-18(3)12-14-9-10-14)16(17-2)15-7-5-4-6-8-15/h4-8,13-14,16-17H,9-12H2,1-3H3. The van der Waals surface area contributed by atoms with Gasteiger partial charge in [-0.15, -0.1) is 0 Å². The lowest BCUT2D eigenvalue weighted by Gasteiger charge is -2.28. The van der Waals surface area contributed by atoms with Gasteiger partial charge in [-0.1, -0.05) is 37.3 Å². The molecule has 2 heteroatoms. The van der Waals surface area contributed by atoms with Crippen molar-refractivity contribution in [2.45, 2.75) is 25.8 Å². The van der Waals surface area contributed by atoms with Crippen LogP contribution in [0, 0.1) is 11.8 Å². The van der Waals surface area contributed by atoms with E-state index in [1.54, 1.807) is 0 Å². The molecule has 0 amide bonds. The Morgan fingerprint density at radius 2 is 1.94 bits per heavy atom. The Hall–Kier alpha value is -0.860. The maximum absolute atomic E-state index is 3.47. The van der Waals surface area contributed by atoms with E-state index >= 15 is 0 Å². The van der Waals surface area contributed by atoms with E-state index in [1.807, 2.05) is 0 Å². The summed E-state index contributed by atoms with van der Waals surface area (Å²) in [7, 11) is 4.32. The molecule has 18 heavy (non-hydrogen) atoms. The third kappa shape index (κ3) is 3.82. The quantitative estimate of drug-likeness (QED) is 0.796. The monoisotopic (exact) mass is 246 g/mol. The van der Waals surface area contributed by atoms with Crippen molar-refractivity contribution in [3.05, 3.63) is 35.9 Å². The van der Waals surface area contributed by atoms with E-state index in [0.29, 0.717) is 12.0 Å². The highest BCUT2D eigenvalue weighted by molar-refractivity contribution is 5.19. The minimum atomic E-state index is 0.452. The van der Waals surface area contributed by atoms with Crippen molar-refractivity contribution in [3.8, 4) is 0 Å². The normalized spacial score (nSPS) is 18.9. The summed E-state index contributed by atoms with van der Waals surface area (Å²) >= 11 is 0. The summed E-state index contributed by atoms with van der Waals surface area (Å²) in [5.41, 5.74) is 1.40. The Kier molecular flexibility index (Phi) is 4.79. The van der Waals surface area contributed by atoms with Crippen molar-refractivity contribution >= 4 is 0 Å². The second kappa shape index (κ2) is 6.35. The molecule has 0 aliphatic heterocycles. The maximum Gasteiger partial charge on any atom is 0.0355 e. The van der Waals surface area contributed by atoms with Crippen LogP contribution < -0.4 is 5.32 Å². The van der Waals surface area contributed by atoms with Gasteiger partial charge in [0.05, 0.1) is 0 Å². The van der Waals surface area contributed by atoms with Gasteiger partial charge in [-0.3, -0.25) is 0 Å². The van der Waals surface area contributed by atoms with Gasteiger partial charge in [0.15, 0.2) is 0 Å². The second-order valence-corrected chi connectivity index (χ2v) is 5.82. The molecule has 1 aliphatic carbocycles. The molecule has 2 nitrogen and oxygen atoms in total. The van der Waals surface area contributed by atoms with Crippen LogP contribution in [0.25, 0.3) is 0 Å². The van der Waals surface area contributed by atoms with E-state index < -0.39 is 0 Å². The molecule has 1 aliphatic rings. The lowest BCUT2D eigenvalue weighted by atomic mass is 9.94. The molecule has 0 saturated heterocycles. The third-order valence-corrected chi connectivity index (χ3v) is 3.91. The molecule has 2 rings (SSSR count). The van der Waals surface area contributed by atoms with Crippen LogP contribution in [-0.2, 0) is 0 Å². The van der Waals surface area contributed by atoms with E-state index in [-0.39, 0.29) is 0 Å². The lowest BCUT2D eigenvalue weighted by molar-refractivity contribution is 0.244. The largest absolute Gasteiger partial charge is 0.313 e. The van der Waals surface area contributed by atoms with Crippen molar-refractivity contribution in [2.24, 2.45) is 11.8 Å². The van der Waals surface area contributed by atoms with Crippen molar-refractivity contribution < 1.29 is 0 Å². The Labute approximate surface area is 111 Å². The van der Waals surface area contributed by atoms with Crippen molar-refractivity contribution in [1.82, 2.24) is 10.2 Å². The lowest BCUT2D eigenvalue weighted by Crippen LogP contribution is -2.33. The molecular weight excluding hydrogens is 220 g/mol. The predicted octanol–water partition coefficient (Wildman–Crippen LogP) is 2.93. The van der Waals surface area contributed by atoms with Crippen LogP contribution in [0.2, 0.25) is 0 Å². The zero-order valence-corrected chi connectivity index (χ0v) is 11.9. The average Bonchev–Trinajstić information content (AvgIpc) is 3.15. The maximum atomic E-state index is 3.47. The van der Waals surface area contributed by atoms with E-state index in [4.69, 9.17) is 0 Å². The predicted molar refractivity (Wildman–Crippen MR) is 77.6 cm³/mol. The molecule has 1 fully saturated rings. The summed E-state index contributed by atoms with van der Waals surface area (Å²) in [6.45, 7) is 4.78. The van der Waals surface area contributed by atoms with E-state index in [0.717, 1.165) is 12.5 Å². The number of rotatable bonds is 7. The van der Waals surface area contributed by atoms with Gasteiger partial charge >= 0.3 is 0 Å². The molecule has 1 N–H and O–H groups in total. The number of nitrogens with zero attached hydrogens (tertiary/aromatic N) is 1. The first-order valence-corrected chi connectivity index (χ1v) is 7.11. The van der Waals surface area contributed by atoms with Crippen molar-refractivity contribution in [2.75, 3.05) is 27.2 Å². The highest BCUT2D eigenvalue weighted by Crippen LogP contribution is 2.30. The third-order valence-electron chi connectivity index (χ3n) is 3.91. The Morgan fingerprint density at radius 3 is 2.50 bits per heavy atom. The Bertz CT molecular complexity index is 345. The van der Waals surface area contributed by atoms with Gasteiger partial charge in [-0.25, -0.2) is 0 Å². The zero-order valence-electron chi connectivity index (χ0n) is 11.9. The molecule has 0 spiro atoms. The number of nitrogens with one attached hydrogen (secondary N) is 1. The van der Waals surface area contributed by atoms with Gasteiger partial charge in [-0.2, -0.15) is 0 Å². The minimum Gasteiger partial charge on any atom is -0.313 e. The highest BCUT2D eigenvalue weighted by Gasteiger charge is 2.25. The summed E-state index contributed by atoms with van der Waals surface area (Å²) in [6.07, 6.45) is 2.87. The first-order chi connectivity index (χ1) is 8.70.